The van der Waals surface area contributed by atoms with Crippen LogP contribution in [0.25, 0.3) is 0 Å². The number of carbonyl (C=O) groups is 2. The van der Waals surface area contributed by atoms with Gasteiger partial charge in [0.15, 0.2) is 0 Å². The quantitative estimate of drug-likeness (QED) is 0.619. The lowest BCUT2D eigenvalue weighted by atomic mass is 9.45. The van der Waals surface area contributed by atoms with Crippen LogP contribution in [0.4, 0.5) is 0 Å². The van der Waals surface area contributed by atoms with E-state index in [1.165, 1.54) is 50.3 Å². The Morgan fingerprint density at radius 3 is 2.53 bits per heavy atom. The summed E-state index contributed by atoms with van der Waals surface area (Å²) >= 11 is 0. The number of ether oxygens (including phenoxy) is 1. The van der Waals surface area contributed by atoms with E-state index >= 15 is 0 Å². The minimum Gasteiger partial charge on any atom is -0.463 e. The van der Waals surface area contributed by atoms with E-state index in [2.05, 4.69) is 25.9 Å². The van der Waals surface area contributed by atoms with Crippen molar-refractivity contribution in [1.82, 2.24) is 9.78 Å². The molecule has 0 aliphatic heterocycles. The number of hydrogen-bond donors (Lipinski definition) is 0. The Balaban J connectivity index is 1.43. The summed E-state index contributed by atoms with van der Waals surface area (Å²) in [4.78, 5) is 23.7. The lowest BCUT2D eigenvalue weighted by molar-refractivity contribution is -0.157. The summed E-state index contributed by atoms with van der Waals surface area (Å²) in [5, 5.41) is 4.61. The first-order chi connectivity index (χ1) is 14.1. The first-order valence-corrected chi connectivity index (χ1v) is 11.9. The average Bonchev–Trinajstić information content (AvgIpc) is 3.16. The topological polar surface area (TPSA) is 61.2 Å². The van der Waals surface area contributed by atoms with Gasteiger partial charge in [-0.2, -0.15) is 5.10 Å². The molecule has 5 heteroatoms. The van der Waals surface area contributed by atoms with Gasteiger partial charge in [-0.3, -0.25) is 9.59 Å². The summed E-state index contributed by atoms with van der Waals surface area (Å²) in [5.41, 5.74) is 4.15. The van der Waals surface area contributed by atoms with Crippen LogP contribution >= 0.6 is 0 Å². The zero-order chi connectivity index (χ0) is 21.4. The molecule has 1 aromatic rings. The van der Waals surface area contributed by atoms with E-state index in [-0.39, 0.29) is 23.4 Å². The summed E-state index contributed by atoms with van der Waals surface area (Å²) in [6, 6.07) is 0. The van der Waals surface area contributed by atoms with Crippen LogP contribution in [0.15, 0.2) is 0 Å². The number of nitrogens with zero attached hydrogens (tertiary/aromatic N) is 2. The van der Waals surface area contributed by atoms with Gasteiger partial charge in [-0.1, -0.05) is 13.8 Å². The summed E-state index contributed by atoms with van der Waals surface area (Å²) < 4.78 is 7.30. The molecular formula is C25H36N2O3. The standard InChI is InChI=1S/C25H36N2O3/c1-14-23-22(27(26-14)15(2)28)13-21-19-7-6-17-12-18(30-16(3)29)8-10-24(17,4)20(19)9-11-25(21,23)5/h17-21H,6-13H2,1-5H3/t17-,18+,19-,20-,21+,24-,25-/m0/s1. The average molecular weight is 413 g/mol. The molecule has 0 saturated heterocycles. The normalized spacial score (nSPS) is 42.0. The van der Waals surface area contributed by atoms with E-state index in [9.17, 15) is 9.59 Å². The van der Waals surface area contributed by atoms with Gasteiger partial charge < -0.3 is 4.74 Å². The van der Waals surface area contributed by atoms with Gasteiger partial charge in [0.05, 0.1) is 11.4 Å². The van der Waals surface area contributed by atoms with E-state index in [1.807, 2.05) is 0 Å². The maximum atomic E-state index is 12.2. The van der Waals surface area contributed by atoms with Gasteiger partial charge >= 0.3 is 5.97 Å². The Morgan fingerprint density at radius 1 is 1.07 bits per heavy atom. The Morgan fingerprint density at radius 2 is 1.83 bits per heavy atom. The lowest BCUT2D eigenvalue weighted by Gasteiger charge is -2.60. The SMILES string of the molecule is CC(=O)O[C@@H]1CC[C@@]2(C)[C@@H](CC[C@@H]3[C@H]4Cc5c(c(C)nn5C(C)=O)[C@@]4(C)CC[C@@H]32)C1. The van der Waals surface area contributed by atoms with E-state index in [4.69, 9.17) is 4.74 Å². The Labute approximate surface area is 179 Å². The van der Waals surface area contributed by atoms with Crippen LogP contribution in [-0.4, -0.2) is 27.8 Å². The van der Waals surface area contributed by atoms with E-state index in [0.29, 0.717) is 17.3 Å². The molecule has 0 amide bonds. The Hall–Kier alpha value is -1.65. The fourth-order valence-electron chi connectivity index (χ4n) is 8.54. The molecule has 7 atom stereocenters. The van der Waals surface area contributed by atoms with E-state index in [0.717, 1.165) is 36.8 Å². The van der Waals surface area contributed by atoms with Crippen molar-refractivity contribution in [2.75, 3.05) is 0 Å². The molecule has 3 fully saturated rings. The van der Waals surface area contributed by atoms with Crippen molar-refractivity contribution >= 4 is 11.9 Å². The number of aryl methyl sites for hydroxylation is 1. The highest BCUT2D eigenvalue weighted by molar-refractivity contribution is 5.77. The monoisotopic (exact) mass is 412 g/mol. The molecule has 1 heterocycles. The largest absolute Gasteiger partial charge is 0.463 e. The van der Waals surface area contributed by atoms with Gasteiger partial charge in [0, 0.05) is 19.4 Å². The summed E-state index contributed by atoms with van der Waals surface area (Å²) in [6.45, 7) is 10.2. The molecule has 0 radical (unpaired) electrons. The highest BCUT2D eigenvalue weighted by Crippen LogP contribution is 2.66. The molecule has 0 aromatic carbocycles. The number of fused-ring (bicyclic) bond motifs is 7. The third-order valence-electron chi connectivity index (χ3n) is 9.78. The van der Waals surface area contributed by atoms with Crippen LogP contribution in [0.1, 0.15) is 94.4 Å². The predicted molar refractivity (Wildman–Crippen MR) is 114 cm³/mol. The second-order valence-electron chi connectivity index (χ2n) is 11.2. The van der Waals surface area contributed by atoms with Crippen LogP contribution in [0.5, 0.6) is 0 Å². The number of rotatable bonds is 1. The third kappa shape index (κ3) is 2.69. The zero-order valence-corrected chi connectivity index (χ0v) is 19.2. The van der Waals surface area contributed by atoms with Gasteiger partial charge in [-0.15, -0.1) is 0 Å². The molecule has 0 spiro atoms. The minimum atomic E-state index is -0.135. The lowest BCUT2D eigenvalue weighted by Crippen LogP contribution is -2.54. The van der Waals surface area contributed by atoms with Crippen LogP contribution in [-0.2, 0) is 21.4 Å². The highest BCUT2D eigenvalue weighted by Gasteiger charge is 2.60. The van der Waals surface area contributed by atoms with Gasteiger partial charge in [-0.05, 0) is 92.8 Å². The van der Waals surface area contributed by atoms with Gasteiger partial charge in [-0.25, -0.2) is 4.68 Å². The van der Waals surface area contributed by atoms with Crippen molar-refractivity contribution in [3.05, 3.63) is 17.0 Å². The molecule has 164 valence electrons. The van der Waals surface area contributed by atoms with Gasteiger partial charge in [0.2, 0.25) is 5.91 Å². The number of carbonyl (C=O) groups excluding carboxylic acids is 2. The maximum Gasteiger partial charge on any atom is 0.302 e. The van der Waals surface area contributed by atoms with E-state index < -0.39 is 0 Å². The molecule has 3 saturated carbocycles. The summed E-state index contributed by atoms with van der Waals surface area (Å²) in [5.74, 6) is 2.66. The third-order valence-corrected chi connectivity index (χ3v) is 9.78. The Kier molecular flexibility index (Phi) is 4.51. The van der Waals surface area contributed by atoms with Crippen molar-refractivity contribution in [3.8, 4) is 0 Å². The summed E-state index contributed by atoms with van der Waals surface area (Å²) in [7, 11) is 0. The van der Waals surface area contributed by atoms with Crippen molar-refractivity contribution in [2.45, 2.75) is 97.5 Å². The van der Waals surface area contributed by atoms with Crippen molar-refractivity contribution in [1.29, 1.82) is 0 Å². The number of esters is 1. The molecule has 5 nitrogen and oxygen atoms in total. The summed E-state index contributed by atoms with van der Waals surface area (Å²) in [6.07, 6.45) is 9.34. The fraction of sp³-hybridized carbons (Fsp3) is 0.800. The molecule has 4 aliphatic rings. The molecular weight excluding hydrogens is 376 g/mol. The fourth-order valence-corrected chi connectivity index (χ4v) is 8.54. The second-order valence-corrected chi connectivity index (χ2v) is 11.2. The molecule has 4 aliphatic carbocycles. The van der Waals surface area contributed by atoms with Crippen molar-refractivity contribution in [2.24, 2.45) is 29.1 Å². The van der Waals surface area contributed by atoms with Gasteiger partial charge in [0.1, 0.15) is 6.10 Å². The first-order valence-electron chi connectivity index (χ1n) is 11.9. The molecule has 0 bridgehead atoms. The second kappa shape index (κ2) is 6.67. The van der Waals surface area contributed by atoms with E-state index in [1.54, 1.807) is 11.6 Å². The minimum absolute atomic E-state index is 0.0395. The highest BCUT2D eigenvalue weighted by atomic mass is 16.5. The molecule has 0 unspecified atom stereocenters. The van der Waals surface area contributed by atoms with Crippen LogP contribution < -0.4 is 0 Å². The molecule has 5 rings (SSSR count). The smallest absolute Gasteiger partial charge is 0.302 e. The number of hydrogen-bond acceptors (Lipinski definition) is 4. The van der Waals surface area contributed by atoms with Crippen LogP contribution in [0.2, 0.25) is 0 Å². The van der Waals surface area contributed by atoms with Crippen molar-refractivity contribution < 1.29 is 14.3 Å². The van der Waals surface area contributed by atoms with Crippen LogP contribution in [0.3, 0.4) is 0 Å². The van der Waals surface area contributed by atoms with Crippen molar-refractivity contribution in [3.63, 3.8) is 0 Å². The molecule has 30 heavy (non-hydrogen) atoms. The molecule has 0 N–H and O–H groups in total. The van der Waals surface area contributed by atoms with Gasteiger partial charge in [0.25, 0.3) is 0 Å². The van der Waals surface area contributed by atoms with Crippen LogP contribution in [0, 0.1) is 36.0 Å². The number of aromatic nitrogens is 2. The maximum absolute atomic E-state index is 12.2. The molecule has 1 aromatic heterocycles. The first kappa shape index (κ1) is 20.3. The Bertz CT molecular complexity index is 904. The predicted octanol–water partition coefficient (Wildman–Crippen LogP) is 4.84. The zero-order valence-electron chi connectivity index (χ0n) is 19.2.